The van der Waals surface area contributed by atoms with Gasteiger partial charge in [0.2, 0.25) is 0 Å². The predicted molar refractivity (Wildman–Crippen MR) is 79.3 cm³/mol. The molecule has 6 nitrogen and oxygen atoms in total. The Balaban J connectivity index is 2.47. The third-order valence-corrected chi connectivity index (χ3v) is 5.65. The van der Waals surface area contributed by atoms with Crippen LogP contribution in [0.15, 0.2) is 40.6 Å². The third kappa shape index (κ3) is 3.26. The first kappa shape index (κ1) is 16.4. The molecule has 0 unspecified atom stereocenters. The number of halogens is 1. The molecule has 0 saturated carbocycles. The Kier molecular flexibility index (Phi) is 4.79. The Morgan fingerprint density at radius 2 is 2.05 bits per heavy atom. The van der Waals surface area contributed by atoms with E-state index in [4.69, 9.17) is 10.2 Å². The minimum atomic E-state index is -4.09. The molecule has 2 N–H and O–H groups in total. The topological polar surface area (TPSA) is 94.9 Å². The number of aliphatic hydroxyl groups excluding tert-OH is 1. The van der Waals surface area contributed by atoms with Crippen molar-refractivity contribution in [2.45, 2.75) is 4.90 Å². The lowest BCUT2D eigenvalue weighted by molar-refractivity contribution is 0.0702. The van der Waals surface area contributed by atoms with E-state index in [1.807, 2.05) is 0 Å². The van der Waals surface area contributed by atoms with Crippen molar-refractivity contribution in [3.8, 4) is 0 Å². The number of carbonyl (C=O) groups is 1. The molecule has 0 spiro atoms. The number of benzene rings is 1. The van der Waals surface area contributed by atoms with Crippen LogP contribution in [0.2, 0.25) is 0 Å². The van der Waals surface area contributed by atoms with Gasteiger partial charge in [-0.2, -0.15) is 0 Å². The summed E-state index contributed by atoms with van der Waals surface area (Å²) in [5, 5.41) is 19.1. The van der Waals surface area contributed by atoms with Crippen molar-refractivity contribution in [3.63, 3.8) is 0 Å². The van der Waals surface area contributed by atoms with Gasteiger partial charge in [0.15, 0.2) is 0 Å². The number of carboxylic acids is 1. The first-order valence-corrected chi connectivity index (χ1v) is 8.39. The summed E-state index contributed by atoms with van der Waals surface area (Å²) in [6.45, 7) is -0.740. The second-order valence-corrected chi connectivity index (χ2v) is 7.01. The van der Waals surface area contributed by atoms with Crippen molar-refractivity contribution in [2.24, 2.45) is 0 Å². The van der Waals surface area contributed by atoms with Gasteiger partial charge >= 0.3 is 5.97 Å². The predicted octanol–water partition coefficient (Wildman–Crippen LogP) is 1.77. The van der Waals surface area contributed by atoms with Crippen molar-refractivity contribution in [3.05, 3.63) is 46.4 Å². The number of nitrogens with zero attached hydrogens (tertiary/aromatic N) is 1. The summed E-state index contributed by atoms with van der Waals surface area (Å²) in [5.74, 6) is -1.85. The van der Waals surface area contributed by atoms with Crippen LogP contribution in [0.5, 0.6) is 0 Å². The van der Waals surface area contributed by atoms with E-state index in [9.17, 15) is 17.6 Å². The Morgan fingerprint density at radius 3 is 2.59 bits per heavy atom. The van der Waals surface area contributed by atoms with Crippen LogP contribution >= 0.6 is 11.3 Å². The second-order valence-electron chi connectivity index (χ2n) is 4.23. The molecular formula is C13H12FNO5S2. The Bertz CT molecular complexity index is 787. The first-order valence-electron chi connectivity index (χ1n) is 6.07. The van der Waals surface area contributed by atoms with Crippen LogP contribution in [-0.4, -0.2) is 37.8 Å². The molecule has 0 saturated heterocycles. The zero-order chi connectivity index (χ0) is 16.3. The number of sulfonamides is 1. The van der Waals surface area contributed by atoms with Crippen LogP contribution in [0, 0.1) is 5.82 Å². The lowest BCUT2D eigenvalue weighted by atomic mass is 10.3. The van der Waals surface area contributed by atoms with Gasteiger partial charge in [0.05, 0.1) is 23.7 Å². The molecule has 0 aliphatic carbocycles. The summed E-state index contributed by atoms with van der Waals surface area (Å²) < 4.78 is 39.3. The average molecular weight is 345 g/mol. The van der Waals surface area contributed by atoms with Crippen molar-refractivity contribution in [1.29, 1.82) is 0 Å². The van der Waals surface area contributed by atoms with Gasteiger partial charge in [0.25, 0.3) is 10.0 Å². The SMILES string of the molecule is O=C(O)c1cc(S(=O)(=O)N(CCO)c2cccc(F)c2)cs1. The maximum absolute atomic E-state index is 13.3. The average Bonchev–Trinajstić information content (AvgIpc) is 2.95. The lowest BCUT2D eigenvalue weighted by Gasteiger charge is -2.23. The summed E-state index contributed by atoms with van der Waals surface area (Å²) in [6, 6.07) is 5.96. The van der Waals surface area contributed by atoms with E-state index in [0.717, 1.165) is 27.8 Å². The number of hydrogen-bond donors (Lipinski definition) is 2. The fourth-order valence-corrected chi connectivity index (χ4v) is 4.35. The van der Waals surface area contributed by atoms with E-state index in [2.05, 4.69) is 0 Å². The van der Waals surface area contributed by atoms with E-state index in [1.165, 1.54) is 23.6 Å². The number of hydrogen-bond acceptors (Lipinski definition) is 5. The molecule has 0 aliphatic heterocycles. The van der Waals surface area contributed by atoms with Gasteiger partial charge in [0.1, 0.15) is 10.7 Å². The molecule has 0 amide bonds. The Hall–Kier alpha value is -1.97. The van der Waals surface area contributed by atoms with Crippen molar-refractivity contribution < 1.29 is 27.8 Å². The quantitative estimate of drug-likeness (QED) is 0.832. The fourth-order valence-electron chi connectivity index (χ4n) is 1.80. The number of aliphatic hydroxyl groups is 1. The molecule has 1 aromatic heterocycles. The molecule has 22 heavy (non-hydrogen) atoms. The highest BCUT2D eigenvalue weighted by Crippen LogP contribution is 2.27. The van der Waals surface area contributed by atoms with Gasteiger partial charge in [-0.15, -0.1) is 11.3 Å². The van der Waals surface area contributed by atoms with E-state index in [1.54, 1.807) is 0 Å². The monoisotopic (exact) mass is 345 g/mol. The van der Waals surface area contributed by atoms with Gasteiger partial charge in [-0.1, -0.05) is 6.07 Å². The Labute approximate surface area is 130 Å². The summed E-state index contributed by atoms with van der Waals surface area (Å²) in [5.41, 5.74) is 0.0529. The highest BCUT2D eigenvalue weighted by Gasteiger charge is 2.27. The molecule has 2 aromatic rings. The number of anilines is 1. The molecule has 0 bridgehead atoms. The van der Waals surface area contributed by atoms with Gasteiger partial charge in [-0.25, -0.2) is 17.6 Å². The molecule has 0 aliphatic rings. The zero-order valence-corrected chi connectivity index (χ0v) is 12.8. The number of carboxylic acid groups (broad SMARTS) is 1. The molecule has 2 rings (SSSR count). The van der Waals surface area contributed by atoms with Gasteiger partial charge < -0.3 is 10.2 Å². The molecule has 118 valence electrons. The normalized spacial score (nSPS) is 11.4. The third-order valence-electron chi connectivity index (χ3n) is 2.77. The van der Waals surface area contributed by atoms with Crippen LogP contribution in [0.25, 0.3) is 0 Å². The first-order chi connectivity index (χ1) is 10.4. The van der Waals surface area contributed by atoms with Crippen LogP contribution in [-0.2, 0) is 10.0 Å². The number of aromatic carboxylic acids is 1. The number of thiophene rings is 1. The zero-order valence-electron chi connectivity index (χ0n) is 11.1. The highest BCUT2D eigenvalue weighted by molar-refractivity contribution is 7.93. The van der Waals surface area contributed by atoms with Crippen LogP contribution < -0.4 is 4.31 Å². The molecule has 0 radical (unpaired) electrons. The van der Waals surface area contributed by atoms with Gasteiger partial charge in [-0.3, -0.25) is 4.31 Å². The van der Waals surface area contributed by atoms with Crippen LogP contribution in [0.1, 0.15) is 9.67 Å². The molecule has 1 aromatic carbocycles. The minimum Gasteiger partial charge on any atom is -0.477 e. The summed E-state index contributed by atoms with van der Waals surface area (Å²) in [4.78, 5) is 10.5. The van der Waals surface area contributed by atoms with Crippen LogP contribution in [0.3, 0.4) is 0 Å². The molecule has 0 fully saturated rings. The van der Waals surface area contributed by atoms with E-state index in [0.29, 0.717) is 0 Å². The second kappa shape index (κ2) is 6.42. The maximum atomic E-state index is 13.3. The largest absolute Gasteiger partial charge is 0.477 e. The van der Waals surface area contributed by atoms with Crippen LogP contribution in [0.4, 0.5) is 10.1 Å². The Morgan fingerprint density at radius 1 is 1.32 bits per heavy atom. The lowest BCUT2D eigenvalue weighted by Crippen LogP contribution is -2.33. The molecule has 9 heteroatoms. The molecule has 1 heterocycles. The van der Waals surface area contributed by atoms with E-state index < -0.39 is 28.4 Å². The minimum absolute atomic E-state index is 0.0529. The highest BCUT2D eigenvalue weighted by atomic mass is 32.2. The summed E-state index contributed by atoms with van der Waals surface area (Å²) >= 11 is 0.776. The molecule has 0 atom stereocenters. The summed E-state index contributed by atoms with van der Waals surface area (Å²) in [7, 11) is -4.09. The van der Waals surface area contributed by atoms with E-state index >= 15 is 0 Å². The maximum Gasteiger partial charge on any atom is 0.345 e. The van der Waals surface area contributed by atoms with Crippen molar-refractivity contribution in [1.82, 2.24) is 0 Å². The smallest absolute Gasteiger partial charge is 0.345 e. The van der Waals surface area contributed by atoms with Crippen molar-refractivity contribution in [2.75, 3.05) is 17.5 Å². The standard InChI is InChI=1S/C13H12FNO5S2/c14-9-2-1-3-10(6-9)15(4-5-16)22(19,20)11-7-12(13(17)18)21-8-11/h1-3,6-8,16H,4-5H2,(H,17,18). The summed E-state index contributed by atoms with van der Waals surface area (Å²) in [6.07, 6.45) is 0. The van der Waals surface area contributed by atoms with E-state index in [-0.39, 0.29) is 22.0 Å². The molecular weight excluding hydrogens is 333 g/mol. The van der Waals surface area contributed by atoms with Gasteiger partial charge in [-0.05, 0) is 24.3 Å². The van der Waals surface area contributed by atoms with Crippen molar-refractivity contribution >= 4 is 33.0 Å². The fraction of sp³-hybridized carbons (Fsp3) is 0.154. The number of rotatable bonds is 6. The van der Waals surface area contributed by atoms with Gasteiger partial charge in [0, 0.05) is 5.38 Å².